The molecule has 0 heterocycles. The van der Waals surface area contributed by atoms with Crippen LogP contribution in [0.5, 0.6) is 0 Å². The third kappa shape index (κ3) is 1.80. The van der Waals surface area contributed by atoms with Gasteiger partial charge in [-0.25, -0.2) is 0 Å². The summed E-state index contributed by atoms with van der Waals surface area (Å²) < 4.78 is 0. The maximum Gasteiger partial charge on any atom is 0.0990 e. The summed E-state index contributed by atoms with van der Waals surface area (Å²) >= 11 is 0. The second kappa shape index (κ2) is 3.14. The lowest BCUT2D eigenvalue weighted by atomic mass is 9.83. The third-order valence-electron chi connectivity index (χ3n) is 2.27. The molecule has 0 heteroatoms. The quantitative estimate of drug-likeness (QED) is 0.486. The molecule has 0 amide bonds. The zero-order valence-electron chi connectivity index (χ0n) is 7.15. The monoisotopic (exact) mass is 136 g/mol. The summed E-state index contributed by atoms with van der Waals surface area (Å²) in [6, 6.07) is 0. The molecule has 1 rings (SSSR count). The number of allylic oxidation sites excluding steroid dienone is 2. The van der Waals surface area contributed by atoms with Crippen molar-refractivity contribution < 1.29 is 0 Å². The van der Waals surface area contributed by atoms with Crippen LogP contribution in [0.3, 0.4) is 0 Å². The van der Waals surface area contributed by atoms with Crippen LogP contribution in [0.4, 0.5) is 0 Å². The molecule has 0 aliphatic heterocycles. The molecule has 55 valence electrons. The first-order valence-electron chi connectivity index (χ1n) is 4.00. The smallest absolute Gasteiger partial charge is 0.0590 e. The molecule has 10 heavy (non-hydrogen) atoms. The Hall–Kier alpha value is -0.390. The van der Waals surface area contributed by atoms with Crippen LogP contribution in [0.15, 0.2) is 11.6 Å². The molecule has 0 aromatic rings. The Labute approximate surface area is 64.3 Å². The SMILES string of the molecule is C[C](C)[C@H]1CC=C(C)[CH+]C1. The zero-order chi connectivity index (χ0) is 7.56. The lowest BCUT2D eigenvalue weighted by molar-refractivity contribution is 0.533. The minimum Gasteiger partial charge on any atom is -0.0590 e. The minimum atomic E-state index is 0.823. The molecule has 1 atom stereocenters. The maximum atomic E-state index is 2.33. The average molecular weight is 136 g/mol. The number of rotatable bonds is 1. The van der Waals surface area contributed by atoms with E-state index in [9.17, 15) is 0 Å². The van der Waals surface area contributed by atoms with Crippen molar-refractivity contribution in [2.75, 3.05) is 0 Å². The third-order valence-corrected chi connectivity index (χ3v) is 2.27. The fraction of sp³-hybridized carbons (Fsp3) is 0.600. The average Bonchev–Trinajstić information content (AvgIpc) is 1.88. The molecular formula is C10H16+. The Morgan fingerprint density at radius 3 is 2.70 bits per heavy atom. The van der Waals surface area contributed by atoms with E-state index in [1.807, 2.05) is 0 Å². The molecule has 0 saturated heterocycles. The van der Waals surface area contributed by atoms with Gasteiger partial charge in [0.2, 0.25) is 0 Å². The summed E-state index contributed by atoms with van der Waals surface area (Å²) in [5, 5.41) is 0. The van der Waals surface area contributed by atoms with E-state index in [4.69, 9.17) is 0 Å². The highest BCUT2D eigenvalue weighted by Crippen LogP contribution is 2.28. The normalized spacial score (nSPS) is 26.0. The molecule has 1 aliphatic rings. The van der Waals surface area contributed by atoms with Gasteiger partial charge in [-0.2, -0.15) is 0 Å². The van der Waals surface area contributed by atoms with Gasteiger partial charge >= 0.3 is 0 Å². The van der Waals surface area contributed by atoms with Crippen LogP contribution in [0.2, 0.25) is 0 Å². The van der Waals surface area contributed by atoms with E-state index >= 15 is 0 Å². The Morgan fingerprint density at radius 2 is 2.30 bits per heavy atom. The predicted molar refractivity (Wildman–Crippen MR) is 45.4 cm³/mol. The molecule has 0 aromatic carbocycles. The number of hydrogen-bond donors (Lipinski definition) is 0. The summed E-state index contributed by atoms with van der Waals surface area (Å²) in [5.41, 5.74) is 1.46. The Bertz CT molecular complexity index is 131. The highest BCUT2D eigenvalue weighted by molar-refractivity contribution is 5.16. The summed E-state index contributed by atoms with van der Waals surface area (Å²) in [7, 11) is 0. The first kappa shape index (κ1) is 7.71. The molecule has 0 N–H and O–H groups in total. The maximum absolute atomic E-state index is 2.33. The Kier molecular flexibility index (Phi) is 2.42. The van der Waals surface area contributed by atoms with Gasteiger partial charge in [0.25, 0.3) is 0 Å². The van der Waals surface area contributed by atoms with Gasteiger partial charge in [0.15, 0.2) is 0 Å². The summed E-state index contributed by atoms with van der Waals surface area (Å²) in [4.78, 5) is 0. The van der Waals surface area contributed by atoms with Crippen molar-refractivity contribution in [3.63, 3.8) is 0 Å². The molecular weight excluding hydrogens is 120 g/mol. The van der Waals surface area contributed by atoms with Crippen molar-refractivity contribution in [3.05, 3.63) is 24.0 Å². The highest BCUT2D eigenvalue weighted by Gasteiger charge is 2.21. The van der Waals surface area contributed by atoms with Crippen molar-refractivity contribution in [2.45, 2.75) is 33.6 Å². The molecule has 0 fully saturated rings. The lowest BCUT2D eigenvalue weighted by Gasteiger charge is -2.17. The largest absolute Gasteiger partial charge is 0.0990 e. The van der Waals surface area contributed by atoms with Gasteiger partial charge in [0, 0.05) is 31.3 Å². The Balaban J connectivity index is 2.42. The van der Waals surface area contributed by atoms with Crippen LogP contribution >= 0.6 is 0 Å². The van der Waals surface area contributed by atoms with E-state index in [2.05, 4.69) is 33.3 Å². The zero-order valence-corrected chi connectivity index (χ0v) is 7.15. The van der Waals surface area contributed by atoms with Gasteiger partial charge in [-0.15, -0.1) is 0 Å². The fourth-order valence-corrected chi connectivity index (χ4v) is 1.31. The van der Waals surface area contributed by atoms with Crippen LogP contribution in [0.25, 0.3) is 0 Å². The fourth-order valence-electron chi connectivity index (χ4n) is 1.31. The molecule has 0 aromatic heterocycles. The van der Waals surface area contributed by atoms with E-state index in [0.29, 0.717) is 0 Å². The topological polar surface area (TPSA) is 0 Å². The van der Waals surface area contributed by atoms with Crippen molar-refractivity contribution >= 4 is 0 Å². The van der Waals surface area contributed by atoms with Gasteiger partial charge in [0.1, 0.15) is 0 Å². The van der Waals surface area contributed by atoms with Crippen molar-refractivity contribution in [1.29, 1.82) is 0 Å². The standard InChI is InChI=1S/C10H16/c1-8(2)10-6-4-9(3)5-7-10/h4-5,10H,6-7H2,1-3H3/q+1. The molecule has 0 saturated carbocycles. The van der Waals surface area contributed by atoms with Crippen molar-refractivity contribution in [2.24, 2.45) is 5.92 Å². The van der Waals surface area contributed by atoms with E-state index in [1.165, 1.54) is 18.4 Å². The van der Waals surface area contributed by atoms with Crippen LogP contribution in [0, 0.1) is 18.3 Å². The second-order valence-corrected chi connectivity index (χ2v) is 3.40. The first-order chi connectivity index (χ1) is 4.70. The molecule has 1 aliphatic carbocycles. The van der Waals surface area contributed by atoms with Crippen LogP contribution < -0.4 is 0 Å². The molecule has 0 spiro atoms. The minimum absolute atomic E-state index is 0.823. The summed E-state index contributed by atoms with van der Waals surface area (Å²) in [5.74, 6) is 2.39. The Morgan fingerprint density at radius 1 is 1.60 bits per heavy atom. The molecule has 0 bridgehead atoms. The van der Waals surface area contributed by atoms with Crippen molar-refractivity contribution in [3.8, 4) is 0 Å². The van der Waals surface area contributed by atoms with Gasteiger partial charge in [-0.05, 0) is 12.8 Å². The molecule has 1 radical (unpaired) electrons. The van der Waals surface area contributed by atoms with E-state index in [-0.39, 0.29) is 0 Å². The van der Waals surface area contributed by atoms with Crippen molar-refractivity contribution in [1.82, 2.24) is 0 Å². The second-order valence-electron chi connectivity index (χ2n) is 3.40. The predicted octanol–water partition coefficient (Wildman–Crippen LogP) is 3.16. The molecule has 0 unspecified atom stereocenters. The lowest BCUT2D eigenvalue weighted by Crippen LogP contribution is -2.09. The first-order valence-corrected chi connectivity index (χ1v) is 4.00. The van der Waals surface area contributed by atoms with E-state index < -0.39 is 0 Å². The van der Waals surface area contributed by atoms with Crippen LogP contribution in [-0.4, -0.2) is 0 Å². The molecule has 0 nitrogen and oxygen atoms in total. The van der Waals surface area contributed by atoms with E-state index in [1.54, 1.807) is 5.92 Å². The van der Waals surface area contributed by atoms with Gasteiger partial charge in [-0.1, -0.05) is 13.8 Å². The van der Waals surface area contributed by atoms with Gasteiger partial charge in [-0.3, -0.25) is 0 Å². The number of hydrogen-bond acceptors (Lipinski definition) is 0. The summed E-state index contributed by atoms with van der Waals surface area (Å²) in [6.07, 6.45) is 7.18. The highest BCUT2D eigenvalue weighted by atomic mass is 14.2. The summed E-state index contributed by atoms with van der Waals surface area (Å²) in [6.45, 7) is 6.64. The van der Waals surface area contributed by atoms with Gasteiger partial charge < -0.3 is 0 Å². The van der Waals surface area contributed by atoms with Crippen LogP contribution in [-0.2, 0) is 0 Å². The van der Waals surface area contributed by atoms with Gasteiger partial charge in [0.05, 0.1) is 5.57 Å². The van der Waals surface area contributed by atoms with E-state index in [0.717, 1.165) is 5.92 Å². The van der Waals surface area contributed by atoms with Crippen LogP contribution in [0.1, 0.15) is 33.6 Å².